The smallest absolute Gasteiger partial charge is 0.407 e. The van der Waals surface area contributed by atoms with Gasteiger partial charge in [0.25, 0.3) is 0 Å². The molecule has 3 atom stereocenters. The summed E-state index contributed by atoms with van der Waals surface area (Å²) in [4.78, 5) is 24.3. The first kappa shape index (κ1) is 18.0. The lowest BCUT2D eigenvalue weighted by Gasteiger charge is -2.39. The monoisotopic (exact) mass is 299 g/mol. The molecule has 5 heteroatoms. The molecule has 1 aliphatic rings. The van der Waals surface area contributed by atoms with E-state index in [-0.39, 0.29) is 23.2 Å². The van der Waals surface area contributed by atoms with Gasteiger partial charge in [0.2, 0.25) is 0 Å². The van der Waals surface area contributed by atoms with Crippen LogP contribution in [0.4, 0.5) is 4.79 Å². The number of ether oxygens (including phenoxy) is 2. The molecule has 0 radical (unpaired) electrons. The third-order valence-electron chi connectivity index (χ3n) is 4.18. The number of rotatable bonds is 6. The van der Waals surface area contributed by atoms with Crippen LogP contribution >= 0.6 is 0 Å². The van der Waals surface area contributed by atoms with E-state index in [1.165, 1.54) is 7.11 Å². The van der Waals surface area contributed by atoms with Gasteiger partial charge in [-0.25, -0.2) is 4.79 Å². The highest BCUT2D eigenvalue weighted by Gasteiger charge is 2.38. The largest absolute Gasteiger partial charge is 0.453 e. The van der Waals surface area contributed by atoms with Gasteiger partial charge in [-0.15, -0.1) is 0 Å². The Bertz CT molecular complexity index is 367. The molecule has 0 saturated carbocycles. The number of methoxy groups -OCH3 is 1. The van der Waals surface area contributed by atoms with Crippen LogP contribution in [-0.4, -0.2) is 37.2 Å². The minimum Gasteiger partial charge on any atom is -0.453 e. The maximum Gasteiger partial charge on any atom is 0.407 e. The van der Waals surface area contributed by atoms with Crippen molar-refractivity contribution in [3.63, 3.8) is 0 Å². The van der Waals surface area contributed by atoms with Crippen molar-refractivity contribution in [1.82, 2.24) is 5.32 Å². The maximum atomic E-state index is 12.7. The van der Waals surface area contributed by atoms with E-state index in [1.807, 2.05) is 20.8 Å². The third-order valence-corrected chi connectivity index (χ3v) is 4.18. The molecule has 1 aliphatic heterocycles. The molecule has 1 fully saturated rings. The minimum atomic E-state index is -0.540. The van der Waals surface area contributed by atoms with Crippen LogP contribution < -0.4 is 5.32 Å². The Morgan fingerprint density at radius 3 is 2.62 bits per heavy atom. The number of hydrogen-bond donors (Lipinski definition) is 1. The van der Waals surface area contributed by atoms with Crippen molar-refractivity contribution in [3.05, 3.63) is 0 Å². The van der Waals surface area contributed by atoms with Crippen LogP contribution in [0.3, 0.4) is 0 Å². The summed E-state index contributed by atoms with van der Waals surface area (Å²) in [6, 6.07) is -0.484. The molecule has 0 aromatic heterocycles. The van der Waals surface area contributed by atoms with E-state index in [9.17, 15) is 9.59 Å². The molecule has 0 aromatic carbocycles. The molecule has 3 unspecified atom stereocenters. The maximum absolute atomic E-state index is 12.7. The van der Waals surface area contributed by atoms with Crippen LogP contribution in [0.2, 0.25) is 0 Å². The lowest BCUT2D eigenvalue weighted by molar-refractivity contribution is -0.129. The third kappa shape index (κ3) is 5.30. The number of Topliss-reactive ketones (excluding diaryl/α,β-unsaturated/α-hetero) is 1. The summed E-state index contributed by atoms with van der Waals surface area (Å²) in [5.41, 5.74) is -0.257. The van der Waals surface area contributed by atoms with Gasteiger partial charge < -0.3 is 14.8 Å². The topological polar surface area (TPSA) is 64.6 Å². The Balaban J connectivity index is 2.85. The number of amides is 1. The molecular formula is C16H29NO4. The van der Waals surface area contributed by atoms with Crippen LogP contribution in [0.1, 0.15) is 53.4 Å². The van der Waals surface area contributed by atoms with E-state index < -0.39 is 12.1 Å². The van der Waals surface area contributed by atoms with Gasteiger partial charge >= 0.3 is 6.09 Å². The number of hydrogen-bond acceptors (Lipinski definition) is 4. The van der Waals surface area contributed by atoms with Crippen LogP contribution in [-0.2, 0) is 14.3 Å². The summed E-state index contributed by atoms with van der Waals surface area (Å²) in [6.45, 7) is 8.65. The van der Waals surface area contributed by atoms with E-state index in [1.54, 1.807) is 0 Å². The zero-order valence-electron chi connectivity index (χ0n) is 13.9. The Morgan fingerprint density at radius 2 is 2.10 bits per heavy atom. The van der Waals surface area contributed by atoms with Gasteiger partial charge in [0, 0.05) is 12.5 Å². The Morgan fingerprint density at radius 1 is 1.43 bits per heavy atom. The lowest BCUT2D eigenvalue weighted by atomic mass is 9.79. The van der Waals surface area contributed by atoms with Crippen LogP contribution in [0.25, 0.3) is 0 Å². The molecule has 1 amide bonds. The highest BCUT2D eigenvalue weighted by atomic mass is 16.5. The van der Waals surface area contributed by atoms with Crippen molar-refractivity contribution < 1.29 is 19.1 Å². The minimum absolute atomic E-state index is 0.0527. The fraction of sp³-hybridized carbons (Fsp3) is 0.875. The molecule has 0 bridgehead atoms. The quantitative estimate of drug-likeness (QED) is 0.819. The zero-order valence-corrected chi connectivity index (χ0v) is 13.9. The van der Waals surface area contributed by atoms with Crippen LogP contribution in [0, 0.1) is 11.8 Å². The normalized spacial score (nSPS) is 24.0. The van der Waals surface area contributed by atoms with Gasteiger partial charge in [0.05, 0.1) is 18.8 Å². The first-order valence-corrected chi connectivity index (χ1v) is 7.83. The number of carbonyl (C=O) groups is 2. The molecular weight excluding hydrogens is 270 g/mol. The molecule has 1 saturated heterocycles. The molecule has 1 rings (SSSR count). The summed E-state index contributed by atoms with van der Waals surface area (Å²) in [7, 11) is 1.32. The molecule has 0 aliphatic carbocycles. The van der Waals surface area contributed by atoms with Gasteiger partial charge in [-0.1, -0.05) is 20.3 Å². The molecule has 5 nitrogen and oxygen atoms in total. The first-order chi connectivity index (χ1) is 9.80. The summed E-state index contributed by atoms with van der Waals surface area (Å²) >= 11 is 0. The summed E-state index contributed by atoms with van der Waals surface area (Å²) in [5.74, 6) is 0.146. The number of nitrogens with one attached hydrogen (secondary N) is 1. The van der Waals surface area contributed by atoms with Crippen LogP contribution in [0.5, 0.6) is 0 Å². The highest BCUT2D eigenvalue weighted by molar-refractivity contribution is 5.89. The summed E-state index contributed by atoms with van der Waals surface area (Å²) < 4.78 is 10.4. The average molecular weight is 299 g/mol. The van der Waals surface area contributed by atoms with Crippen LogP contribution in [0.15, 0.2) is 0 Å². The molecule has 1 heterocycles. The van der Waals surface area contributed by atoms with E-state index in [0.29, 0.717) is 6.61 Å². The Hall–Kier alpha value is -1.10. The van der Waals surface area contributed by atoms with Gasteiger partial charge in [-0.2, -0.15) is 0 Å². The SMILES string of the molecule is CCCC(C)C(=O)C(NC(=O)OC)C1CCOC(C)(C)C1. The van der Waals surface area contributed by atoms with E-state index in [4.69, 9.17) is 4.74 Å². The van der Waals surface area contributed by atoms with Gasteiger partial charge in [0.1, 0.15) is 0 Å². The summed E-state index contributed by atoms with van der Waals surface area (Å²) in [5, 5.41) is 2.75. The molecule has 122 valence electrons. The predicted molar refractivity (Wildman–Crippen MR) is 81.2 cm³/mol. The zero-order chi connectivity index (χ0) is 16.0. The Labute approximate surface area is 127 Å². The highest BCUT2D eigenvalue weighted by Crippen LogP contribution is 2.32. The Kier molecular flexibility index (Phi) is 6.65. The van der Waals surface area contributed by atoms with Crippen molar-refractivity contribution in [1.29, 1.82) is 0 Å². The lowest BCUT2D eigenvalue weighted by Crippen LogP contribution is -2.51. The first-order valence-electron chi connectivity index (χ1n) is 7.83. The van der Waals surface area contributed by atoms with Crippen molar-refractivity contribution >= 4 is 11.9 Å². The van der Waals surface area contributed by atoms with Crippen molar-refractivity contribution in [2.24, 2.45) is 11.8 Å². The number of carbonyl (C=O) groups excluding carboxylic acids is 2. The van der Waals surface area contributed by atoms with Crippen molar-refractivity contribution in [2.45, 2.75) is 65.0 Å². The standard InChI is InChI=1S/C16H29NO4/c1-6-7-11(2)14(18)13(17-15(19)20-5)12-8-9-21-16(3,4)10-12/h11-13H,6-10H2,1-5H3,(H,17,19). The fourth-order valence-corrected chi connectivity index (χ4v) is 3.05. The number of alkyl carbamates (subject to hydrolysis) is 1. The summed E-state index contributed by atoms with van der Waals surface area (Å²) in [6.07, 6.45) is 2.79. The van der Waals surface area contributed by atoms with E-state index in [0.717, 1.165) is 25.7 Å². The fourth-order valence-electron chi connectivity index (χ4n) is 3.05. The second kappa shape index (κ2) is 7.78. The van der Waals surface area contributed by atoms with E-state index in [2.05, 4.69) is 17.0 Å². The van der Waals surface area contributed by atoms with Gasteiger partial charge in [-0.3, -0.25) is 4.79 Å². The number of ketones is 1. The molecule has 21 heavy (non-hydrogen) atoms. The molecule has 0 aromatic rings. The van der Waals surface area contributed by atoms with Gasteiger partial charge in [0.15, 0.2) is 5.78 Å². The molecule has 1 N–H and O–H groups in total. The average Bonchev–Trinajstić information content (AvgIpc) is 2.42. The predicted octanol–water partition coefficient (Wildman–Crippen LogP) is 2.92. The van der Waals surface area contributed by atoms with E-state index >= 15 is 0 Å². The van der Waals surface area contributed by atoms with Gasteiger partial charge in [-0.05, 0) is 39.0 Å². The van der Waals surface area contributed by atoms with Crippen molar-refractivity contribution in [2.75, 3.05) is 13.7 Å². The second-order valence-corrected chi connectivity index (χ2v) is 6.57. The molecule has 0 spiro atoms. The van der Waals surface area contributed by atoms with Crippen molar-refractivity contribution in [3.8, 4) is 0 Å². The second-order valence-electron chi connectivity index (χ2n) is 6.57.